The minimum absolute atomic E-state index is 0. The van der Waals surface area contributed by atoms with Gasteiger partial charge in [0.05, 0.1) is 4.90 Å². The second-order valence-electron chi connectivity index (χ2n) is 5.65. The molecule has 1 unspecified atom stereocenters. The van der Waals surface area contributed by atoms with E-state index in [1.54, 1.807) is 12.1 Å². The third-order valence-corrected chi connectivity index (χ3v) is 5.36. The van der Waals surface area contributed by atoms with Crippen LogP contribution in [0.1, 0.15) is 18.4 Å². The Kier molecular flexibility index (Phi) is 6.62. The number of rotatable bonds is 4. The van der Waals surface area contributed by atoms with E-state index >= 15 is 0 Å². The van der Waals surface area contributed by atoms with E-state index in [1.807, 2.05) is 31.1 Å². The fourth-order valence-corrected chi connectivity index (χ4v) is 4.01. The summed E-state index contributed by atoms with van der Waals surface area (Å²) >= 11 is 0. The monoisotopic (exact) mass is 333 g/mol. The third-order valence-electron chi connectivity index (χ3n) is 3.48. The average Bonchev–Trinajstić information content (AvgIpc) is 2.38. The van der Waals surface area contributed by atoms with E-state index in [0.717, 1.165) is 24.9 Å². The van der Waals surface area contributed by atoms with Crippen molar-refractivity contribution in [3.63, 3.8) is 0 Å². The first kappa shape index (κ1) is 18.4. The van der Waals surface area contributed by atoms with E-state index in [1.165, 1.54) is 4.31 Å². The Morgan fingerprint density at radius 2 is 1.90 bits per heavy atom. The fraction of sp³-hybridized carbons (Fsp3) is 0.571. The lowest BCUT2D eigenvalue weighted by molar-refractivity contribution is 0.316. The molecule has 0 amide bonds. The normalized spacial score (nSPS) is 20.3. The van der Waals surface area contributed by atoms with Crippen LogP contribution in [0.5, 0.6) is 0 Å². The topological polar surface area (TPSA) is 66.6 Å². The lowest BCUT2D eigenvalue weighted by Gasteiger charge is -2.29. The predicted octanol–water partition coefficient (Wildman–Crippen LogP) is 1.28. The second kappa shape index (κ2) is 7.56. The highest BCUT2D eigenvalue weighted by atomic mass is 35.5. The summed E-state index contributed by atoms with van der Waals surface area (Å²) in [5.74, 6) is 0. The average molecular weight is 334 g/mol. The molecule has 21 heavy (non-hydrogen) atoms. The van der Waals surface area contributed by atoms with Gasteiger partial charge in [0, 0.05) is 25.7 Å². The molecule has 2 rings (SSSR count). The van der Waals surface area contributed by atoms with Crippen LogP contribution in [-0.2, 0) is 16.6 Å². The van der Waals surface area contributed by atoms with Crippen molar-refractivity contribution in [2.45, 2.75) is 30.3 Å². The zero-order chi connectivity index (χ0) is 14.8. The Hall–Kier alpha value is -0.660. The van der Waals surface area contributed by atoms with Crippen LogP contribution in [0, 0.1) is 0 Å². The zero-order valence-corrected chi connectivity index (χ0v) is 14.2. The molecule has 5 nitrogen and oxygen atoms in total. The molecule has 1 fully saturated rings. The SMILES string of the molecule is CN(C)Cc1ccc(S(=O)(=O)N2CCCC(N)C2)cc1.Cl. The second-order valence-corrected chi connectivity index (χ2v) is 7.59. The van der Waals surface area contributed by atoms with Crippen molar-refractivity contribution in [2.75, 3.05) is 27.2 Å². The first-order valence-corrected chi connectivity index (χ1v) is 8.33. The van der Waals surface area contributed by atoms with E-state index in [9.17, 15) is 8.42 Å². The smallest absolute Gasteiger partial charge is 0.243 e. The summed E-state index contributed by atoms with van der Waals surface area (Å²) in [6.07, 6.45) is 1.73. The molecule has 1 atom stereocenters. The molecule has 0 aromatic heterocycles. The van der Waals surface area contributed by atoms with Crippen LogP contribution in [0.25, 0.3) is 0 Å². The van der Waals surface area contributed by atoms with Crippen LogP contribution in [0.15, 0.2) is 29.2 Å². The highest BCUT2D eigenvalue weighted by Gasteiger charge is 2.28. The van der Waals surface area contributed by atoms with Crippen LogP contribution in [-0.4, -0.2) is 50.8 Å². The van der Waals surface area contributed by atoms with Gasteiger partial charge in [-0.2, -0.15) is 4.31 Å². The number of piperidine rings is 1. The van der Waals surface area contributed by atoms with E-state index < -0.39 is 10.0 Å². The summed E-state index contributed by atoms with van der Waals surface area (Å²) in [6, 6.07) is 7.07. The zero-order valence-electron chi connectivity index (χ0n) is 12.5. The number of halogens is 1. The summed E-state index contributed by atoms with van der Waals surface area (Å²) in [7, 11) is 0.571. The summed E-state index contributed by atoms with van der Waals surface area (Å²) in [4.78, 5) is 2.40. The highest BCUT2D eigenvalue weighted by molar-refractivity contribution is 7.89. The molecule has 0 saturated carbocycles. The third kappa shape index (κ3) is 4.66. The molecule has 1 aromatic rings. The van der Waals surface area contributed by atoms with Gasteiger partial charge in [0.2, 0.25) is 10.0 Å². The summed E-state index contributed by atoms with van der Waals surface area (Å²) < 4.78 is 26.6. The van der Waals surface area contributed by atoms with Gasteiger partial charge < -0.3 is 10.6 Å². The lowest BCUT2D eigenvalue weighted by atomic mass is 10.1. The molecule has 0 radical (unpaired) electrons. The van der Waals surface area contributed by atoms with E-state index in [4.69, 9.17) is 5.73 Å². The van der Waals surface area contributed by atoms with Crippen LogP contribution < -0.4 is 5.73 Å². The number of nitrogens with two attached hydrogens (primary N) is 1. The maximum Gasteiger partial charge on any atom is 0.243 e. The Balaban J connectivity index is 0.00000220. The first-order chi connectivity index (χ1) is 9.39. The molecule has 1 aliphatic rings. The van der Waals surface area contributed by atoms with Crippen LogP contribution >= 0.6 is 12.4 Å². The van der Waals surface area contributed by atoms with Crippen molar-refractivity contribution in [1.82, 2.24) is 9.21 Å². The molecule has 2 N–H and O–H groups in total. The summed E-state index contributed by atoms with van der Waals surface area (Å²) in [6.45, 7) is 1.78. The first-order valence-electron chi connectivity index (χ1n) is 6.89. The molecule has 1 aliphatic heterocycles. The van der Waals surface area contributed by atoms with Gasteiger partial charge in [0.25, 0.3) is 0 Å². The Morgan fingerprint density at radius 3 is 2.43 bits per heavy atom. The van der Waals surface area contributed by atoms with Gasteiger partial charge in [-0.1, -0.05) is 12.1 Å². The summed E-state index contributed by atoms with van der Waals surface area (Å²) in [5, 5.41) is 0. The van der Waals surface area contributed by atoms with Gasteiger partial charge in [0.15, 0.2) is 0 Å². The number of hydrogen-bond acceptors (Lipinski definition) is 4. The quantitative estimate of drug-likeness (QED) is 0.901. The molecule has 1 saturated heterocycles. The predicted molar refractivity (Wildman–Crippen MR) is 87.0 cm³/mol. The standard InChI is InChI=1S/C14H23N3O2S.ClH/c1-16(2)10-12-5-7-14(8-6-12)20(18,19)17-9-3-4-13(15)11-17;/h5-8,13H,3-4,9-11,15H2,1-2H3;1H. The molecular weight excluding hydrogens is 310 g/mol. The number of nitrogens with zero attached hydrogens (tertiary/aromatic N) is 2. The largest absolute Gasteiger partial charge is 0.327 e. The van der Waals surface area contributed by atoms with Crippen molar-refractivity contribution in [2.24, 2.45) is 5.73 Å². The Labute approximate surface area is 133 Å². The van der Waals surface area contributed by atoms with E-state index in [2.05, 4.69) is 0 Å². The minimum atomic E-state index is -3.40. The Morgan fingerprint density at radius 1 is 1.29 bits per heavy atom. The number of benzene rings is 1. The van der Waals surface area contributed by atoms with E-state index in [-0.39, 0.29) is 18.4 Å². The molecule has 0 aliphatic carbocycles. The molecule has 0 spiro atoms. The molecule has 7 heteroatoms. The van der Waals surface area contributed by atoms with Gasteiger partial charge in [-0.3, -0.25) is 0 Å². The van der Waals surface area contributed by atoms with Crippen LogP contribution in [0.3, 0.4) is 0 Å². The lowest BCUT2D eigenvalue weighted by Crippen LogP contribution is -2.45. The van der Waals surface area contributed by atoms with Crippen molar-refractivity contribution >= 4 is 22.4 Å². The molecule has 0 bridgehead atoms. The van der Waals surface area contributed by atoms with E-state index in [0.29, 0.717) is 18.0 Å². The maximum atomic E-state index is 12.5. The summed E-state index contributed by atoms with van der Waals surface area (Å²) in [5.41, 5.74) is 6.97. The molecular formula is C14H24ClN3O2S. The van der Waals surface area contributed by atoms with Gasteiger partial charge in [0.1, 0.15) is 0 Å². The van der Waals surface area contributed by atoms with Gasteiger partial charge in [-0.15, -0.1) is 12.4 Å². The van der Waals surface area contributed by atoms with Crippen molar-refractivity contribution in [3.8, 4) is 0 Å². The highest BCUT2D eigenvalue weighted by Crippen LogP contribution is 2.20. The van der Waals surface area contributed by atoms with Crippen molar-refractivity contribution in [1.29, 1.82) is 0 Å². The number of sulfonamides is 1. The minimum Gasteiger partial charge on any atom is -0.327 e. The molecule has 120 valence electrons. The maximum absolute atomic E-state index is 12.5. The van der Waals surface area contributed by atoms with Crippen LogP contribution in [0.2, 0.25) is 0 Å². The molecule has 1 heterocycles. The fourth-order valence-electron chi connectivity index (χ4n) is 2.47. The number of hydrogen-bond donors (Lipinski definition) is 1. The van der Waals surface area contributed by atoms with Crippen molar-refractivity contribution < 1.29 is 8.42 Å². The van der Waals surface area contributed by atoms with Gasteiger partial charge in [-0.25, -0.2) is 8.42 Å². The van der Waals surface area contributed by atoms with Gasteiger partial charge in [-0.05, 0) is 44.6 Å². The van der Waals surface area contributed by atoms with Crippen molar-refractivity contribution in [3.05, 3.63) is 29.8 Å². The van der Waals surface area contributed by atoms with Gasteiger partial charge >= 0.3 is 0 Å². The van der Waals surface area contributed by atoms with Crippen LogP contribution in [0.4, 0.5) is 0 Å². The Bertz CT molecular complexity index is 546. The molecule has 1 aromatic carbocycles.